The average molecular weight is 321 g/mol. The molecule has 22 heavy (non-hydrogen) atoms. The Kier molecular flexibility index (Phi) is 8.14. The van der Waals surface area contributed by atoms with Crippen LogP contribution in [0.25, 0.3) is 0 Å². The maximum Gasteiger partial charge on any atom is 0.238 e. The SMILES string of the molecule is Cl.NCCN(CC(=O)Nc1ccccc1)Cc1cccnc1. The molecule has 0 saturated heterocycles. The zero-order chi connectivity index (χ0) is 14.9. The van der Waals surface area contributed by atoms with Crippen LogP contribution in [0.5, 0.6) is 0 Å². The summed E-state index contributed by atoms with van der Waals surface area (Å²) in [7, 11) is 0. The number of anilines is 1. The number of nitrogens with two attached hydrogens (primary N) is 1. The number of nitrogens with zero attached hydrogens (tertiary/aromatic N) is 2. The topological polar surface area (TPSA) is 71.2 Å². The van der Waals surface area contributed by atoms with Crippen LogP contribution >= 0.6 is 12.4 Å². The van der Waals surface area contributed by atoms with Gasteiger partial charge in [-0.25, -0.2) is 0 Å². The van der Waals surface area contributed by atoms with Crippen LogP contribution in [0.2, 0.25) is 0 Å². The van der Waals surface area contributed by atoms with Crippen LogP contribution in [0, 0.1) is 0 Å². The van der Waals surface area contributed by atoms with E-state index in [4.69, 9.17) is 5.73 Å². The fraction of sp³-hybridized carbons (Fsp3) is 0.250. The summed E-state index contributed by atoms with van der Waals surface area (Å²) in [5.41, 5.74) is 7.49. The first-order valence-corrected chi connectivity index (χ1v) is 6.94. The van der Waals surface area contributed by atoms with Crippen molar-refractivity contribution in [2.24, 2.45) is 5.73 Å². The van der Waals surface area contributed by atoms with Crippen LogP contribution in [0.15, 0.2) is 54.9 Å². The van der Waals surface area contributed by atoms with Gasteiger partial charge in [0.25, 0.3) is 0 Å². The number of para-hydroxylation sites is 1. The highest BCUT2D eigenvalue weighted by atomic mass is 35.5. The Morgan fingerprint density at radius 1 is 1.18 bits per heavy atom. The minimum atomic E-state index is -0.0430. The molecule has 0 aliphatic heterocycles. The van der Waals surface area contributed by atoms with Crippen LogP contribution < -0.4 is 11.1 Å². The number of amides is 1. The number of hydrogen-bond donors (Lipinski definition) is 2. The van der Waals surface area contributed by atoms with Crippen molar-refractivity contribution in [1.29, 1.82) is 0 Å². The lowest BCUT2D eigenvalue weighted by Crippen LogP contribution is -2.36. The molecule has 1 aromatic heterocycles. The largest absolute Gasteiger partial charge is 0.329 e. The summed E-state index contributed by atoms with van der Waals surface area (Å²) in [6.45, 7) is 2.14. The second-order valence-electron chi connectivity index (χ2n) is 4.77. The Morgan fingerprint density at radius 3 is 2.59 bits per heavy atom. The van der Waals surface area contributed by atoms with Crippen molar-refractivity contribution in [2.75, 3.05) is 25.0 Å². The van der Waals surface area contributed by atoms with E-state index in [0.717, 1.165) is 11.3 Å². The Morgan fingerprint density at radius 2 is 1.95 bits per heavy atom. The Hall–Kier alpha value is -1.95. The van der Waals surface area contributed by atoms with Crippen molar-refractivity contribution in [2.45, 2.75) is 6.54 Å². The fourth-order valence-corrected chi connectivity index (χ4v) is 2.07. The summed E-state index contributed by atoms with van der Waals surface area (Å²) < 4.78 is 0. The average Bonchev–Trinajstić information content (AvgIpc) is 2.49. The first-order valence-electron chi connectivity index (χ1n) is 6.94. The van der Waals surface area contributed by atoms with Gasteiger partial charge in [-0.05, 0) is 23.8 Å². The van der Waals surface area contributed by atoms with Gasteiger partial charge in [-0.1, -0.05) is 24.3 Å². The second-order valence-corrected chi connectivity index (χ2v) is 4.77. The van der Waals surface area contributed by atoms with Crippen LogP contribution in [-0.2, 0) is 11.3 Å². The van der Waals surface area contributed by atoms with Gasteiger partial charge < -0.3 is 11.1 Å². The van der Waals surface area contributed by atoms with Gasteiger partial charge in [-0.2, -0.15) is 0 Å². The normalized spacial score (nSPS) is 10.1. The van der Waals surface area contributed by atoms with Gasteiger partial charge in [-0.3, -0.25) is 14.7 Å². The van der Waals surface area contributed by atoms with Crippen LogP contribution in [0.1, 0.15) is 5.56 Å². The summed E-state index contributed by atoms with van der Waals surface area (Å²) in [6.07, 6.45) is 3.54. The van der Waals surface area contributed by atoms with Gasteiger partial charge in [0.1, 0.15) is 0 Å². The van der Waals surface area contributed by atoms with Gasteiger partial charge in [-0.15, -0.1) is 12.4 Å². The van der Waals surface area contributed by atoms with Crippen molar-refractivity contribution >= 4 is 24.0 Å². The lowest BCUT2D eigenvalue weighted by molar-refractivity contribution is -0.117. The van der Waals surface area contributed by atoms with E-state index in [0.29, 0.717) is 26.2 Å². The van der Waals surface area contributed by atoms with E-state index < -0.39 is 0 Å². The molecule has 0 bridgehead atoms. The number of benzene rings is 1. The molecule has 0 saturated carbocycles. The zero-order valence-corrected chi connectivity index (χ0v) is 13.1. The molecule has 1 aromatic carbocycles. The van der Waals surface area contributed by atoms with Gasteiger partial charge in [0.2, 0.25) is 5.91 Å². The van der Waals surface area contributed by atoms with E-state index in [9.17, 15) is 4.79 Å². The highest BCUT2D eigenvalue weighted by Crippen LogP contribution is 2.06. The fourth-order valence-electron chi connectivity index (χ4n) is 2.07. The third-order valence-corrected chi connectivity index (χ3v) is 3.00. The molecule has 118 valence electrons. The van der Waals surface area contributed by atoms with Crippen LogP contribution in [-0.4, -0.2) is 35.4 Å². The van der Waals surface area contributed by atoms with Crippen molar-refractivity contribution in [1.82, 2.24) is 9.88 Å². The van der Waals surface area contributed by atoms with Crippen molar-refractivity contribution in [3.63, 3.8) is 0 Å². The molecule has 0 fully saturated rings. The number of rotatable bonds is 7. The van der Waals surface area contributed by atoms with Crippen LogP contribution in [0.4, 0.5) is 5.69 Å². The van der Waals surface area contributed by atoms with E-state index in [-0.39, 0.29) is 18.3 Å². The summed E-state index contributed by atoms with van der Waals surface area (Å²) in [5, 5.41) is 2.88. The molecule has 1 heterocycles. The molecule has 0 radical (unpaired) electrons. The molecule has 0 aliphatic carbocycles. The summed E-state index contributed by atoms with van der Waals surface area (Å²) in [4.78, 5) is 18.2. The molecule has 3 N–H and O–H groups in total. The number of aromatic nitrogens is 1. The molecule has 6 heteroatoms. The monoisotopic (exact) mass is 320 g/mol. The number of nitrogens with one attached hydrogen (secondary N) is 1. The molecular formula is C16H21ClN4O. The number of carbonyl (C=O) groups excluding carboxylic acids is 1. The second kappa shape index (κ2) is 9.89. The molecule has 5 nitrogen and oxygen atoms in total. The quantitative estimate of drug-likeness (QED) is 0.817. The first kappa shape index (κ1) is 18.1. The molecule has 2 rings (SSSR count). The molecule has 1 amide bonds. The summed E-state index contributed by atoms with van der Waals surface area (Å²) >= 11 is 0. The van der Waals surface area contributed by atoms with Gasteiger partial charge >= 0.3 is 0 Å². The van der Waals surface area contributed by atoms with Crippen LogP contribution in [0.3, 0.4) is 0 Å². The highest BCUT2D eigenvalue weighted by molar-refractivity contribution is 5.92. The first-order chi connectivity index (χ1) is 10.3. The third kappa shape index (κ3) is 6.22. The van der Waals surface area contributed by atoms with E-state index in [1.54, 1.807) is 12.4 Å². The van der Waals surface area contributed by atoms with Gasteiger partial charge in [0.05, 0.1) is 6.54 Å². The Balaban J connectivity index is 0.00000242. The zero-order valence-electron chi connectivity index (χ0n) is 12.3. The standard InChI is InChI=1S/C16H20N4O.ClH/c17-8-10-20(12-14-5-4-9-18-11-14)13-16(21)19-15-6-2-1-3-7-15;/h1-7,9,11H,8,10,12-13,17H2,(H,19,21);1H. The van der Waals surface area contributed by atoms with Crippen molar-refractivity contribution < 1.29 is 4.79 Å². The Labute approximate surface area is 136 Å². The minimum Gasteiger partial charge on any atom is -0.329 e. The maximum absolute atomic E-state index is 12.1. The van der Waals surface area contributed by atoms with E-state index in [2.05, 4.69) is 10.3 Å². The Bertz CT molecular complexity index is 551. The molecule has 0 aliphatic rings. The molecule has 0 atom stereocenters. The molecule has 0 unspecified atom stereocenters. The van der Waals surface area contributed by atoms with E-state index in [1.807, 2.05) is 47.4 Å². The lowest BCUT2D eigenvalue weighted by atomic mass is 10.2. The maximum atomic E-state index is 12.1. The number of halogens is 1. The summed E-state index contributed by atoms with van der Waals surface area (Å²) in [5.74, 6) is -0.0430. The number of pyridine rings is 1. The minimum absolute atomic E-state index is 0. The molecule has 0 spiro atoms. The predicted molar refractivity (Wildman–Crippen MR) is 90.9 cm³/mol. The van der Waals surface area contributed by atoms with E-state index >= 15 is 0 Å². The summed E-state index contributed by atoms with van der Waals surface area (Å²) in [6, 6.07) is 13.3. The predicted octanol–water partition coefficient (Wildman–Crippen LogP) is 1.90. The highest BCUT2D eigenvalue weighted by Gasteiger charge is 2.11. The van der Waals surface area contributed by atoms with E-state index in [1.165, 1.54) is 0 Å². The number of hydrogen-bond acceptors (Lipinski definition) is 4. The third-order valence-electron chi connectivity index (χ3n) is 3.00. The number of carbonyl (C=O) groups is 1. The lowest BCUT2D eigenvalue weighted by Gasteiger charge is -2.20. The molecule has 2 aromatic rings. The van der Waals surface area contributed by atoms with Crippen molar-refractivity contribution in [3.05, 3.63) is 60.4 Å². The smallest absolute Gasteiger partial charge is 0.238 e. The van der Waals surface area contributed by atoms with Crippen molar-refractivity contribution in [3.8, 4) is 0 Å². The van der Waals surface area contributed by atoms with Gasteiger partial charge in [0.15, 0.2) is 0 Å². The van der Waals surface area contributed by atoms with Gasteiger partial charge in [0, 0.05) is 37.7 Å². The molecular weight excluding hydrogens is 300 g/mol.